The van der Waals surface area contributed by atoms with Gasteiger partial charge in [-0.05, 0) is 0 Å². The van der Waals surface area contributed by atoms with Crippen LogP contribution in [-0.2, 0) is 6.73 Å². The first kappa shape index (κ1) is 5.83. The molecule has 0 amide bonds. The van der Waals surface area contributed by atoms with Crippen molar-refractivity contribution in [3.8, 4) is 0 Å². The largest absolute Gasteiger partial charge is 0.374 e. The number of hydrogen-bond donors (Lipinski definition) is 3. The lowest BCUT2D eigenvalue weighted by atomic mass is 11.1. The Bertz CT molecular complexity index is 292. The van der Waals surface area contributed by atoms with Gasteiger partial charge < -0.3 is 5.11 Å². The van der Waals surface area contributed by atoms with Crippen LogP contribution in [0.4, 0.5) is 0 Å². The van der Waals surface area contributed by atoms with E-state index < -0.39 is 18.1 Å². The van der Waals surface area contributed by atoms with Crippen LogP contribution in [0.5, 0.6) is 0 Å². The van der Waals surface area contributed by atoms with Crippen LogP contribution in [0, 0.1) is 0 Å². The Balaban J connectivity index is 3.33. The Hall–Kier alpha value is -1.30. The topological polar surface area (TPSA) is 90.9 Å². The Labute approximate surface area is 48.7 Å². The first-order chi connectivity index (χ1) is 4.24. The molecule has 0 radical (unpaired) electrons. The Morgan fingerprint density at radius 3 is 2.44 bits per heavy atom. The van der Waals surface area contributed by atoms with Crippen molar-refractivity contribution in [3.63, 3.8) is 0 Å². The van der Waals surface area contributed by atoms with Gasteiger partial charge in [0.2, 0.25) is 0 Å². The second kappa shape index (κ2) is 1.90. The van der Waals surface area contributed by atoms with E-state index in [4.69, 9.17) is 5.11 Å². The van der Waals surface area contributed by atoms with Crippen molar-refractivity contribution in [2.45, 2.75) is 6.73 Å². The van der Waals surface area contributed by atoms with E-state index in [0.29, 0.717) is 0 Å². The highest BCUT2D eigenvalue weighted by Gasteiger charge is 1.93. The lowest BCUT2D eigenvalue weighted by molar-refractivity contribution is 0.190. The number of H-pyrrole nitrogens is 2. The summed E-state index contributed by atoms with van der Waals surface area (Å²) >= 11 is 0. The summed E-state index contributed by atoms with van der Waals surface area (Å²) in [4.78, 5) is 22.5. The summed E-state index contributed by atoms with van der Waals surface area (Å²) in [6, 6.07) is 0. The molecule has 0 saturated carbocycles. The van der Waals surface area contributed by atoms with E-state index in [1.807, 2.05) is 10.1 Å². The molecular formula is C3H5N3O3. The molecule has 0 aliphatic carbocycles. The zero-order chi connectivity index (χ0) is 6.85. The highest BCUT2D eigenvalue weighted by molar-refractivity contribution is 4.58. The van der Waals surface area contributed by atoms with E-state index in [0.717, 1.165) is 4.68 Å². The fourth-order valence-electron chi connectivity index (χ4n) is 0.465. The molecule has 1 aromatic rings. The minimum absolute atomic E-state index is 0.516. The predicted octanol–water partition coefficient (Wildman–Crippen LogP) is -2.19. The van der Waals surface area contributed by atoms with Gasteiger partial charge in [-0.25, -0.2) is 19.4 Å². The zero-order valence-electron chi connectivity index (χ0n) is 4.42. The molecule has 6 heteroatoms. The first-order valence-electron chi connectivity index (χ1n) is 2.24. The third-order valence-electron chi connectivity index (χ3n) is 0.844. The molecule has 1 rings (SSSR count). The molecule has 1 heterocycles. The molecule has 0 fully saturated rings. The summed E-state index contributed by atoms with van der Waals surface area (Å²) in [5.41, 5.74) is -1.25. The predicted molar refractivity (Wildman–Crippen MR) is 27.9 cm³/mol. The molecule has 0 aliphatic rings. The molecule has 0 bridgehead atoms. The third kappa shape index (κ3) is 0.918. The van der Waals surface area contributed by atoms with Crippen molar-refractivity contribution in [1.82, 2.24) is 14.8 Å². The normalized spacial score (nSPS) is 9.89. The molecule has 3 N–H and O–H groups in total. The van der Waals surface area contributed by atoms with Crippen LogP contribution in [-0.4, -0.2) is 19.9 Å². The number of nitrogens with zero attached hydrogens (tertiary/aromatic N) is 1. The Morgan fingerprint density at radius 2 is 2.22 bits per heavy atom. The monoisotopic (exact) mass is 131 g/mol. The Kier molecular flexibility index (Phi) is 1.23. The van der Waals surface area contributed by atoms with Gasteiger partial charge in [0.25, 0.3) is 0 Å². The van der Waals surface area contributed by atoms with Crippen LogP contribution < -0.4 is 11.4 Å². The maximum atomic E-state index is 10.4. The molecule has 0 spiro atoms. The number of aliphatic hydroxyl groups is 1. The van der Waals surface area contributed by atoms with E-state index >= 15 is 0 Å². The number of hydrogen-bond acceptors (Lipinski definition) is 3. The van der Waals surface area contributed by atoms with Crippen molar-refractivity contribution >= 4 is 0 Å². The first-order valence-corrected chi connectivity index (χ1v) is 2.24. The average Bonchev–Trinajstić information content (AvgIpc) is 2.10. The van der Waals surface area contributed by atoms with Gasteiger partial charge in [-0.2, -0.15) is 0 Å². The number of aromatic nitrogens is 3. The van der Waals surface area contributed by atoms with Crippen molar-refractivity contribution in [1.29, 1.82) is 0 Å². The lowest BCUT2D eigenvalue weighted by Crippen LogP contribution is -2.17. The molecule has 0 atom stereocenters. The molecular weight excluding hydrogens is 126 g/mol. The average molecular weight is 131 g/mol. The van der Waals surface area contributed by atoms with Crippen LogP contribution in [0.25, 0.3) is 0 Å². The number of nitrogens with one attached hydrogen (secondary N) is 2. The van der Waals surface area contributed by atoms with Gasteiger partial charge in [0, 0.05) is 0 Å². The Morgan fingerprint density at radius 1 is 1.56 bits per heavy atom. The molecule has 0 saturated heterocycles. The van der Waals surface area contributed by atoms with Gasteiger partial charge >= 0.3 is 11.4 Å². The van der Waals surface area contributed by atoms with E-state index in [2.05, 4.69) is 0 Å². The second-order valence-electron chi connectivity index (χ2n) is 1.44. The van der Waals surface area contributed by atoms with Crippen molar-refractivity contribution < 1.29 is 5.11 Å². The number of aliphatic hydroxyl groups excluding tert-OH is 1. The molecule has 0 aromatic carbocycles. The standard InChI is InChI=1S/C3H5N3O3/c7-1-6-3(9)4-2(8)5-6/h7H,1H2,(H2,4,5,8,9). The van der Waals surface area contributed by atoms with Crippen LogP contribution >= 0.6 is 0 Å². The van der Waals surface area contributed by atoms with Gasteiger partial charge in [0.15, 0.2) is 0 Å². The summed E-state index contributed by atoms with van der Waals surface area (Å²) < 4.78 is 0.752. The fraction of sp³-hybridized carbons (Fsp3) is 0.333. The highest BCUT2D eigenvalue weighted by Crippen LogP contribution is 1.57. The van der Waals surface area contributed by atoms with E-state index in [1.165, 1.54) is 0 Å². The van der Waals surface area contributed by atoms with Crippen molar-refractivity contribution in [2.24, 2.45) is 0 Å². The summed E-state index contributed by atoms with van der Waals surface area (Å²) in [7, 11) is 0. The van der Waals surface area contributed by atoms with Crippen molar-refractivity contribution in [3.05, 3.63) is 21.0 Å². The summed E-state index contributed by atoms with van der Waals surface area (Å²) in [5, 5.41) is 10.3. The molecule has 0 unspecified atom stereocenters. The summed E-state index contributed by atoms with van der Waals surface area (Å²) in [6.07, 6.45) is 0. The molecule has 9 heavy (non-hydrogen) atoms. The van der Waals surface area contributed by atoms with Crippen LogP contribution in [0.1, 0.15) is 0 Å². The number of aromatic amines is 2. The van der Waals surface area contributed by atoms with Gasteiger partial charge in [-0.3, -0.25) is 4.98 Å². The molecule has 6 nitrogen and oxygen atoms in total. The quantitative estimate of drug-likeness (QED) is 0.404. The molecule has 50 valence electrons. The number of rotatable bonds is 1. The second-order valence-corrected chi connectivity index (χ2v) is 1.44. The van der Waals surface area contributed by atoms with Crippen LogP contribution in [0.15, 0.2) is 9.59 Å². The van der Waals surface area contributed by atoms with E-state index in [9.17, 15) is 9.59 Å². The summed E-state index contributed by atoms with van der Waals surface area (Å²) in [5.74, 6) is 0. The maximum Gasteiger partial charge on any atom is 0.346 e. The van der Waals surface area contributed by atoms with Crippen LogP contribution in [0.2, 0.25) is 0 Å². The van der Waals surface area contributed by atoms with Gasteiger partial charge in [-0.15, -0.1) is 0 Å². The van der Waals surface area contributed by atoms with Crippen molar-refractivity contribution in [2.75, 3.05) is 0 Å². The zero-order valence-corrected chi connectivity index (χ0v) is 4.42. The molecule has 1 aromatic heterocycles. The van der Waals surface area contributed by atoms with Crippen LogP contribution in [0.3, 0.4) is 0 Å². The van der Waals surface area contributed by atoms with Gasteiger partial charge in [0.1, 0.15) is 6.73 Å². The van der Waals surface area contributed by atoms with Gasteiger partial charge in [0.05, 0.1) is 0 Å². The fourth-order valence-corrected chi connectivity index (χ4v) is 0.465. The lowest BCUT2D eigenvalue weighted by Gasteiger charge is -1.86. The summed E-state index contributed by atoms with van der Waals surface area (Å²) in [6.45, 7) is -0.516. The highest BCUT2D eigenvalue weighted by atomic mass is 16.3. The maximum absolute atomic E-state index is 10.4. The minimum atomic E-state index is -0.637. The minimum Gasteiger partial charge on any atom is -0.374 e. The van der Waals surface area contributed by atoms with E-state index in [1.54, 1.807) is 0 Å². The molecule has 0 aliphatic heterocycles. The van der Waals surface area contributed by atoms with E-state index in [-0.39, 0.29) is 0 Å². The third-order valence-corrected chi connectivity index (χ3v) is 0.844. The van der Waals surface area contributed by atoms with Gasteiger partial charge in [-0.1, -0.05) is 0 Å². The SMILES string of the molecule is O=c1[nH]c(=O)n(CO)[nH]1. The smallest absolute Gasteiger partial charge is 0.346 e.